The highest BCUT2D eigenvalue weighted by Crippen LogP contribution is 2.28. The summed E-state index contributed by atoms with van der Waals surface area (Å²) in [5.74, 6) is -0.841. The van der Waals surface area contributed by atoms with Gasteiger partial charge in [0.2, 0.25) is 21.8 Å². The molecule has 7 nitrogen and oxygen atoms in total. The number of nitrogens with one attached hydrogen (secondary N) is 1. The Morgan fingerprint density at radius 2 is 1.82 bits per heavy atom. The predicted molar refractivity (Wildman–Crippen MR) is 141 cm³/mol. The first-order valence-electron chi connectivity index (χ1n) is 10.7. The molecule has 1 atom stereocenters. The molecule has 0 spiro atoms. The van der Waals surface area contributed by atoms with Gasteiger partial charge in [-0.2, -0.15) is 0 Å². The molecule has 0 aliphatic heterocycles. The topological polar surface area (TPSA) is 86.8 Å². The number of rotatable bonds is 11. The van der Waals surface area contributed by atoms with Crippen LogP contribution in [0.1, 0.15) is 32.3 Å². The van der Waals surface area contributed by atoms with Crippen LogP contribution in [0.5, 0.6) is 0 Å². The van der Waals surface area contributed by atoms with Crippen LogP contribution in [0.2, 0.25) is 10.0 Å². The monoisotopic (exact) mass is 591 g/mol. The number of amides is 2. The summed E-state index contributed by atoms with van der Waals surface area (Å²) in [5, 5.41) is 3.26. The largest absolute Gasteiger partial charge is 0.354 e. The second-order valence-corrected chi connectivity index (χ2v) is 11.5. The molecule has 0 unspecified atom stereocenters. The fourth-order valence-electron chi connectivity index (χ4n) is 3.20. The van der Waals surface area contributed by atoms with Gasteiger partial charge >= 0.3 is 0 Å². The van der Waals surface area contributed by atoms with Gasteiger partial charge in [-0.15, -0.1) is 0 Å². The smallest absolute Gasteiger partial charge is 0.244 e. The van der Waals surface area contributed by atoms with E-state index in [1.165, 1.54) is 23.1 Å². The number of sulfonamides is 1. The van der Waals surface area contributed by atoms with Crippen LogP contribution in [-0.4, -0.2) is 50.5 Å². The van der Waals surface area contributed by atoms with E-state index in [0.717, 1.165) is 33.4 Å². The second-order valence-electron chi connectivity index (χ2n) is 7.84. The average molecular weight is 593 g/mol. The Kier molecular flexibility index (Phi) is 10.7. The first-order chi connectivity index (χ1) is 15.9. The van der Waals surface area contributed by atoms with Crippen LogP contribution >= 0.6 is 39.1 Å². The van der Waals surface area contributed by atoms with E-state index in [4.69, 9.17) is 23.2 Å². The molecule has 0 aliphatic rings. The molecule has 34 heavy (non-hydrogen) atoms. The molecule has 1 N–H and O–H groups in total. The van der Waals surface area contributed by atoms with Crippen LogP contribution in [-0.2, 0) is 26.2 Å². The first kappa shape index (κ1) is 28.4. The highest BCUT2D eigenvalue weighted by molar-refractivity contribution is 9.10. The Balaban J connectivity index is 2.37. The number of carbonyl (C=O) groups is 2. The van der Waals surface area contributed by atoms with Crippen molar-refractivity contribution in [2.45, 2.75) is 39.3 Å². The molecule has 11 heteroatoms. The van der Waals surface area contributed by atoms with Crippen LogP contribution in [0.15, 0.2) is 46.9 Å². The van der Waals surface area contributed by atoms with Crippen molar-refractivity contribution in [3.05, 3.63) is 62.5 Å². The lowest BCUT2D eigenvalue weighted by Crippen LogP contribution is -2.51. The van der Waals surface area contributed by atoms with E-state index in [2.05, 4.69) is 21.2 Å². The fourth-order valence-corrected chi connectivity index (χ4v) is 4.79. The average Bonchev–Trinajstić information content (AvgIpc) is 2.76. The van der Waals surface area contributed by atoms with Gasteiger partial charge < -0.3 is 10.2 Å². The minimum Gasteiger partial charge on any atom is -0.354 e. The summed E-state index contributed by atoms with van der Waals surface area (Å²) in [6.45, 7) is 3.76. The summed E-state index contributed by atoms with van der Waals surface area (Å²) >= 11 is 15.5. The Bertz CT molecular complexity index is 1130. The van der Waals surface area contributed by atoms with Crippen molar-refractivity contribution < 1.29 is 18.0 Å². The molecule has 0 saturated heterocycles. The van der Waals surface area contributed by atoms with Gasteiger partial charge in [0.05, 0.1) is 22.0 Å². The molecule has 0 fully saturated rings. The van der Waals surface area contributed by atoms with Crippen LogP contribution in [0.4, 0.5) is 5.69 Å². The van der Waals surface area contributed by atoms with Crippen LogP contribution in [0, 0.1) is 0 Å². The van der Waals surface area contributed by atoms with Gasteiger partial charge in [-0.1, -0.05) is 64.6 Å². The summed E-state index contributed by atoms with van der Waals surface area (Å²) in [6, 6.07) is 10.9. The van der Waals surface area contributed by atoms with Gasteiger partial charge in [-0.25, -0.2) is 8.42 Å². The normalized spacial score (nSPS) is 12.2. The van der Waals surface area contributed by atoms with Crippen molar-refractivity contribution in [2.75, 3.05) is 23.7 Å². The van der Waals surface area contributed by atoms with Crippen LogP contribution in [0.25, 0.3) is 0 Å². The zero-order valence-corrected chi connectivity index (χ0v) is 23.1. The number of nitrogens with zero attached hydrogens (tertiary/aromatic N) is 2. The first-order valence-corrected chi connectivity index (χ1v) is 14.1. The number of halogens is 3. The molecule has 2 aromatic rings. The molecule has 2 amide bonds. The highest BCUT2D eigenvalue weighted by atomic mass is 79.9. The zero-order valence-electron chi connectivity index (χ0n) is 19.2. The number of hydrogen-bond donors (Lipinski definition) is 1. The SMILES string of the molecule is CCCCNC(=O)[C@@H](C)N(Cc1cccc(Br)c1)C(=O)CN(c1ccc(Cl)c(Cl)c1)S(C)(=O)=O. The van der Waals surface area contributed by atoms with Gasteiger partial charge in [-0.05, 0) is 49.2 Å². The molecule has 0 heterocycles. The molecule has 0 aliphatic carbocycles. The van der Waals surface area contributed by atoms with Gasteiger partial charge in [0.25, 0.3) is 0 Å². The maximum Gasteiger partial charge on any atom is 0.244 e. The molecule has 0 saturated carbocycles. The van der Waals surface area contributed by atoms with Gasteiger partial charge in [0.15, 0.2) is 0 Å². The van der Waals surface area contributed by atoms with Crippen molar-refractivity contribution in [1.82, 2.24) is 10.2 Å². The summed E-state index contributed by atoms with van der Waals surface area (Å²) < 4.78 is 26.9. The van der Waals surface area contributed by atoms with Gasteiger partial charge in [0.1, 0.15) is 12.6 Å². The molecule has 0 bridgehead atoms. The number of hydrogen-bond acceptors (Lipinski definition) is 4. The van der Waals surface area contributed by atoms with E-state index in [1.54, 1.807) is 6.92 Å². The summed E-state index contributed by atoms with van der Waals surface area (Å²) in [5.41, 5.74) is 0.990. The number of anilines is 1. The lowest BCUT2D eigenvalue weighted by Gasteiger charge is -2.31. The third-order valence-corrected chi connectivity index (χ3v) is 7.48. The van der Waals surface area contributed by atoms with Gasteiger partial charge in [-0.3, -0.25) is 13.9 Å². The third kappa shape index (κ3) is 8.15. The van der Waals surface area contributed by atoms with E-state index in [-0.39, 0.29) is 28.2 Å². The number of benzene rings is 2. The summed E-state index contributed by atoms with van der Waals surface area (Å²) in [6.07, 6.45) is 2.74. The lowest BCUT2D eigenvalue weighted by atomic mass is 10.1. The minimum absolute atomic E-state index is 0.125. The van der Waals surface area contributed by atoms with Crippen molar-refractivity contribution in [2.24, 2.45) is 0 Å². The second kappa shape index (κ2) is 12.8. The summed E-state index contributed by atoms with van der Waals surface area (Å²) in [4.78, 5) is 27.6. The van der Waals surface area contributed by atoms with Crippen molar-refractivity contribution in [3.8, 4) is 0 Å². The Morgan fingerprint density at radius 1 is 1.12 bits per heavy atom. The van der Waals surface area contributed by atoms with Crippen LogP contribution in [0.3, 0.4) is 0 Å². The van der Waals surface area contributed by atoms with E-state index < -0.39 is 28.5 Å². The molecular weight excluding hydrogens is 565 g/mol. The molecule has 0 radical (unpaired) electrons. The Hall–Kier alpha value is -1.81. The van der Waals surface area contributed by atoms with Crippen molar-refractivity contribution in [1.29, 1.82) is 0 Å². The Labute approximate surface area is 219 Å². The van der Waals surface area contributed by atoms with Crippen LogP contribution < -0.4 is 9.62 Å². The van der Waals surface area contributed by atoms with Gasteiger partial charge in [0, 0.05) is 17.6 Å². The zero-order chi connectivity index (χ0) is 25.5. The van der Waals surface area contributed by atoms with Crippen molar-refractivity contribution in [3.63, 3.8) is 0 Å². The quantitative estimate of drug-likeness (QED) is 0.378. The third-order valence-electron chi connectivity index (χ3n) is 5.11. The Morgan fingerprint density at radius 3 is 2.41 bits per heavy atom. The molecule has 2 aromatic carbocycles. The molecule has 186 valence electrons. The lowest BCUT2D eigenvalue weighted by molar-refractivity contribution is -0.139. The maximum absolute atomic E-state index is 13.5. The number of unbranched alkanes of at least 4 members (excludes halogenated alkanes) is 1. The molecule has 2 rings (SSSR count). The summed E-state index contributed by atoms with van der Waals surface area (Å²) in [7, 11) is -3.84. The van der Waals surface area contributed by atoms with E-state index in [0.29, 0.717) is 6.54 Å². The van der Waals surface area contributed by atoms with E-state index >= 15 is 0 Å². The molecular formula is C23H28BrCl2N3O4S. The maximum atomic E-state index is 13.5. The molecule has 0 aromatic heterocycles. The fraction of sp³-hybridized carbons (Fsp3) is 0.391. The standard InChI is InChI=1S/C23H28BrCl2N3O4S/c1-4-5-11-27-23(31)16(2)28(14-17-7-6-8-18(24)12-17)22(30)15-29(34(3,32)33)19-9-10-20(25)21(26)13-19/h6-10,12-13,16H,4-5,11,14-15H2,1-3H3,(H,27,31)/t16-/m1/s1. The predicted octanol–water partition coefficient (Wildman–Crippen LogP) is 4.86. The van der Waals surface area contributed by atoms with E-state index in [9.17, 15) is 18.0 Å². The number of carbonyl (C=O) groups excluding carboxylic acids is 2. The van der Waals surface area contributed by atoms with Crippen molar-refractivity contribution >= 4 is 66.7 Å². The van der Waals surface area contributed by atoms with E-state index in [1.807, 2.05) is 31.2 Å². The highest BCUT2D eigenvalue weighted by Gasteiger charge is 2.30. The minimum atomic E-state index is -3.84.